The summed E-state index contributed by atoms with van der Waals surface area (Å²) in [5, 5.41) is 8.75. The Kier molecular flexibility index (Phi) is 5.79. The smallest absolute Gasteiger partial charge is 0.212 e. The second-order valence-corrected chi connectivity index (χ2v) is 12.2. The fourth-order valence-corrected chi connectivity index (χ4v) is 7.83. The zero-order chi connectivity index (χ0) is 25.0. The molecule has 8 heteroatoms. The van der Waals surface area contributed by atoms with Crippen molar-refractivity contribution in [2.75, 3.05) is 13.1 Å². The monoisotopic (exact) mass is 497 g/mol. The predicted molar refractivity (Wildman–Crippen MR) is 131 cm³/mol. The molecule has 0 spiro atoms. The van der Waals surface area contributed by atoms with E-state index < -0.39 is 27.1 Å². The molecule has 0 aliphatic heterocycles. The van der Waals surface area contributed by atoms with Gasteiger partial charge in [-0.05, 0) is 53.5 Å². The van der Waals surface area contributed by atoms with Crippen LogP contribution in [-0.4, -0.2) is 36.0 Å². The maximum absolute atomic E-state index is 14.5. The molecule has 2 atom stereocenters. The summed E-state index contributed by atoms with van der Waals surface area (Å²) in [7, 11) is -3.57. The summed E-state index contributed by atoms with van der Waals surface area (Å²) in [6.07, 6.45) is 1.65. The van der Waals surface area contributed by atoms with E-state index in [9.17, 15) is 17.2 Å². The topological polar surface area (TPSA) is 63.2 Å². The van der Waals surface area contributed by atoms with Crippen LogP contribution in [0.5, 0.6) is 0 Å². The Hall–Kier alpha value is -2.71. The third kappa shape index (κ3) is 3.69. The molecule has 0 amide bonds. The number of fused-ring (bicyclic) bond motifs is 5. The number of halogens is 2. The van der Waals surface area contributed by atoms with E-state index in [2.05, 4.69) is 24.0 Å². The largest absolute Gasteiger partial charge is 0.218 e. The van der Waals surface area contributed by atoms with Gasteiger partial charge in [0, 0.05) is 18.5 Å². The molecule has 2 aromatic carbocycles. The molecule has 0 N–H and O–H groups in total. The Labute approximate surface area is 205 Å². The molecule has 2 aliphatic rings. The highest BCUT2D eigenvalue weighted by Gasteiger charge is 2.64. The maximum atomic E-state index is 14.5. The van der Waals surface area contributed by atoms with Crippen molar-refractivity contribution in [3.63, 3.8) is 0 Å². The summed E-state index contributed by atoms with van der Waals surface area (Å²) in [6.45, 7) is 6.79. The van der Waals surface area contributed by atoms with Gasteiger partial charge in [0.05, 0.1) is 22.7 Å². The molecule has 184 valence electrons. The quantitative estimate of drug-likeness (QED) is 0.437. The lowest BCUT2D eigenvalue weighted by atomic mass is 9.68. The minimum atomic E-state index is -3.57. The Morgan fingerprint density at radius 3 is 2.37 bits per heavy atom. The first-order valence-corrected chi connectivity index (χ1v) is 13.6. The summed E-state index contributed by atoms with van der Waals surface area (Å²) in [5.74, 6) is -1.32. The van der Waals surface area contributed by atoms with Gasteiger partial charge in [-0.1, -0.05) is 57.2 Å². The molecule has 3 aromatic rings. The van der Waals surface area contributed by atoms with Crippen molar-refractivity contribution in [2.45, 2.75) is 50.7 Å². The third-order valence-corrected chi connectivity index (χ3v) is 10.1. The molecule has 1 fully saturated rings. The van der Waals surface area contributed by atoms with E-state index in [0.717, 1.165) is 29.7 Å². The molecule has 5 nitrogen and oxygen atoms in total. The average molecular weight is 498 g/mol. The molecule has 1 heterocycles. The van der Waals surface area contributed by atoms with Gasteiger partial charge in [-0.25, -0.2) is 21.5 Å². The molecule has 0 radical (unpaired) electrons. The molecular formula is C27H29F2N3O2S. The van der Waals surface area contributed by atoms with Crippen LogP contribution in [0.1, 0.15) is 56.4 Å². The summed E-state index contributed by atoms with van der Waals surface area (Å²) in [5.41, 5.74) is 1.60. The van der Waals surface area contributed by atoms with Crippen LogP contribution in [0.25, 0.3) is 11.3 Å². The van der Waals surface area contributed by atoms with Crippen molar-refractivity contribution in [3.05, 3.63) is 83.1 Å². The molecule has 0 saturated heterocycles. The number of nitrogens with zero attached hydrogens (tertiary/aromatic N) is 3. The van der Waals surface area contributed by atoms with Gasteiger partial charge in [0.1, 0.15) is 11.6 Å². The number of rotatable bonds is 7. The van der Waals surface area contributed by atoms with E-state index in [4.69, 9.17) is 0 Å². The summed E-state index contributed by atoms with van der Waals surface area (Å²) in [6, 6.07) is 14.7. The van der Waals surface area contributed by atoms with Crippen LogP contribution < -0.4 is 0 Å². The van der Waals surface area contributed by atoms with Crippen molar-refractivity contribution in [1.82, 2.24) is 14.5 Å². The van der Waals surface area contributed by atoms with Gasteiger partial charge < -0.3 is 0 Å². The highest BCUT2D eigenvalue weighted by Crippen LogP contribution is 2.67. The first-order chi connectivity index (χ1) is 16.6. The van der Waals surface area contributed by atoms with E-state index in [1.807, 2.05) is 37.3 Å². The van der Waals surface area contributed by atoms with Gasteiger partial charge in [-0.2, -0.15) is 10.2 Å². The summed E-state index contributed by atoms with van der Waals surface area (Å²) >= 11 is 0. The van der Waals surface area contributed by atoms with E-state index in [1.54, 1.807) is 10.4 Å². The van der Waals surface area contributed by atoms with Crippen LogP contribution in [0.3, 0.4) is 0 Å². The molecule has 5 rings (SSSR count). The third-order valence-electron chi connectivity index (χ3n) is 8.22. The highest BCUT2D eigenvalue weighted by molar-refractivity contribution is 7.88. The minimum absolute atomic E-state index is 0.0638. The molecule has 2 aliphatic carbocycles. The van der Waals surface area contributed by atoms with Gasteiger partial charge in [0.25, 0.3) is 0 Å². The summed E-state index contributed by atoms with van der Waals surface area (Å²) in [4.78, 5) is 0. The van der Waals surface area contributed by atoms with E-state index >= 15 is 0 Å². The zero-order valence-corrected chi connectivity index (χ0v) is 20.9. The maximum Gasteiger partial charge on any atom is 0.218 e. The van der Waals surface area contributed by atoms with Gasteiger partial charge in [0.15, 0.2) is 0 Å². The van der Waals surface area contributed by atoms with Crippen LogP contribution in [0, 0.1) is 17.0 Å². The molecule has 1 aromatic heterocycles. The molecule has 35 heavy (non-hydrogen) atoms. The first kappa shape index (κ1) is 24.0. The number of benzene rings is 2. The molecule has 1 saturated carbocycles. The Morgan fingerprint density at radius 1 is 1.03 bits per heavy atom. The Bertz CT molecular complexity index is 1360. The van der Waals surface area contributed by atoms with Gasteiger partial charge >= 0.3 is 0 Å². The van der Waals surface area contributed by atoms with E-state index in [-0.39, 0.29) is 28.3 Å². The van der Waals surface area contributed by atoms with Crippen LogP contribution >= 0.6 is 0 Å². The van der Waals surface area contributed by atoms with Crippen molar-refractivity contribution in [2.24, 2.45) is 5.41 Å². The molecular weight excluding hydrogens is 468 g/mol. The lowest BCUT2D eigenvalue weighted by Crippen LogP contribution is -2.48. The van der Waals surface area contributed by atoms with Crippen LogP contribution in [-0.2, 0) is 21.2 Å². The number of aromatic nitrogens is 2. The second-order valence-electron chi connectivity index (χ2n) is 10.2. The van der Waals surface area contributed by atoms with Crippen LogP contribution in [0.4, 0.5) is 8.78 Å². The van der Waals surface area contributed by atoms with Crippen molar-refractivity contribution in [3.8, 4) is 11.3 Å². The lowest BCUT2D eigenvalue weighted by molar-refractivity contribution is 0.169. The Morgan fingerprint density at radius 2 is 1.71 bits per heavy atom. The highest BCUT2D eigenvalue weighted by atomic mass is 32.2. The van der Waals surface area contributed by atoms with Crippen LogP contribution in [0.15, 0.2) is 54.6 Å². The van der Waals surface area contributed by atoms with Gasteiger partial charge in [0.2, 0.25) is 10.0 Å². The minimum Gasteiger partial charge on any atom is -0.212 e. The van der Waals surface area contributed by atoms with Gasteiger partial charge in [-0.15, -0.1) is 0 Å². The second kappa shape index (κ2) is 8.45. The molecule has 0 unspecified atom stereocenters. The fraction of sp³-hybridized carbons (Fsp3) is 0.407. The SMILES string of the molecule is CCN(C[C@@]12CC[C@@H](c3cc(-c4c(F)cccc4F)nnc31)C2(C)C)S(=O)(=O)Cc1ccccc1. The zero-order valence-electron chi connectivity index (χ0n) is 20.1. The number of hydrogen-bond donors (Lipinski definition) is 0. The molecule has 2 bridgehead atoms. The lowest BCUT2D eigenvalue weighted by Gasteiger charge is -2.41. The van der Waals surface area contributed by atoms with E-state index in [0.29, 0.717) is 13.1 Å². The number of hydrogen-bond acceptors (Lipinski definition) is 4. The fourth-order valence-electron chi connectivity index (χ4n) is 6.23. The average Bonchev–Trinajstić information content (AvgIpc) is 3.17. The summed E-state index contributed by atoms with van der Waals surface area (Å²) < 4.78 is 57.3. The normalized spacial score (nSPS) is 22.5. The van der Waals surface area contributed by atoms with Crippen molar-refractivity contribution in [1.29, 1.82) is 0 Å². The number of sulfonamides is 1. The van der Waals surface area contributed by atoms with Crippen molar-refractivity contribution < 1.29 is 17.2 Å². The van der Waals surface area contributed by atoms with E-state index in [1.165, 1.54) is 18.2 Å². The Balaban J connectivity index is 1.54. The predicted octanol–water partition coefficient (Wildman–Crippen LogP) is 5.43. The van der Waals surface area contributed by atoms with Crippen LogP contribution in [0.2, 0.25) is 0 Å². The first-order valence-electron chi connectivity index (χ1n) is 11.9. The standard InChI is InChI=1S/C27H29F2N3O2S/c1-4-32(35(33,34)16-18-9-6-5-7-10-18)17-27-14-13-20(26(27,2)3)19-15-23(30-31-25(19)27)24-21(28)11-8-12-22(24)29/h5-12,15,20H,4,13-14,16-17H2,1-3H3/t20-,27-/m0/s1. The van der Waals surface area contributed by atoms with Crippen molar-refractivity contribution >= 4 is 10.0 Å². The number of likely N-dealkylation sites (N-methyl/N-ethyl adjacent to an activating group) is 1. The van der Waals surface area contributed by atoms with Gasteiger partial charge in [-0.3, -0.25) is 0 Å².